The first-order valence-corrected chi connectivity index (χ1v) is 6.63. The highest BCUT2D eigenvalue weighted by Gasteiger charge is 2.11. The number of aliphatic carboxylic acids is 2. The quantitative estimate of drug-likeness (QED) is 0.483. The molecule has 7 heteroatoms. The van der Waals surface area contributed by atoms with Crippen LogP contribution in [0, 0.1) is 0 Å². The zero-order chi connectivity index (χ0) is 15.5. The first-order chi connectivity index (χ1) is 9.38. The number of hydrogen-bond donors (Lipinski definition) is 5. The van der Waals surface area contributed by atoms with Crippen molar-refractivity contribution in [2.24, 2.45) is 11.5 Å². The van der Waals surface area contributed by atoms with Gasteiger partial charge < -0.3 is 21.7 Å². The third kappa shape index (κ3) is 8.52. The van der Waals surface area contributed by atoms with E-state index < -0.39 is 24.0 Å². The average molecular weight is 300 g/mol. The molecule has 0 heterocycles. The van der Waals surface area contributed by atoms with E-state index in [2.05, 4.69) is 12.6 Å². The van der Waals surface area contributed by atoms with Crippen molar-refractivity contribution in [1.82, 2.24) is 0 Å². The Labute approximate surface area is 123 Å². The molecule has 6 N–H and O–H groups in total. The Morgan fingerprint density at radius 2 is 1.55 bits per heavy atom. The van der Waals surface area contributed by atoms with Gasteiger partial charge in [-0.2, -0.15) is 12.6 Å². The van der Waals surface area contributed by atoms with Crippen LogP contribution < -0.4 is 11.5 Å². The summed E-state index contributed by atoms with van der Waals surface area (Å²) in [6.45, 7) is 0. The summed E-state index contributed by atoms with van der Waals surface area (Å²) in [5.41, 5.74) is 11.4. The van der Waals surface area contributed by atoms with E-state index in [0.717, 1.165) is 5.56 Å². The summed E-state index contributed by atoms with van der Waals surface area (Å²) in [5.74, 6) is -1.40. The minimum absolute atomic E-state index is 0.385. The van der Waals surface area contributed by atoms with E-state index >= 15 is 0 Å². The lowest BCUT2D eigenvalue weighted by molar-refractivity contribution is -0.139. The van der Waals surface area contributed by atoms with Crippen LogP contribution in [-0.2, 0) is 16.0 Å². The van der Waals surface area contributed by atoms with Crippen molar-refractivity contribution >= 4 is 24.6 Å². The van der Waals surface area contributed by atoms with Crippen molar-refractivity contribution in [3.63, 3.8) is 0 Å². The molecule has 0 saturated carbocycles. The number of hydrogen-bond acceptors (Lipinski definition) is 5. The van der Waals surface area contributed by atoms with Gasteiger partial charge in [0, 0.05) is 0 Å². The van der Waals surface area contributed by atoms with Gasteiger partial charge in [0.2, 0.25) is 0 Å². The number of carboxylic acid groups (broad SMARTS) is 2. The van der Waals surface area contributed by atoms with E-state index in [1.165, 1.54) is 0 Å². The van der Waals surface area contributed by atoms with Crippen molar-refractivity contribution < 1.29 is 19.8 Å². The molecule has 0 saturated heterocycles. The van der Waals surface area contributed by atoms with E-state index in [1.807, 2.05) is 30.3 Å². The SMILES string of the molecule is NC(CCS)C(=O)O.N[C@@H](Cc1ccccc1)C(=O)O. The van der Waals surface area contributed by atoms with Gasteiger partial charge in [-0.25, -0.2) is 0 Å². The molecule has 0 bridgehead atoms. The molecule has 0 spiro atoms. The first kappa shape index (κ1) is 18.4. The molecule has 0 aliphatic rings. The molecule has 0 fully saturated rings. The van der Waals surface area contributed by atoms with Gasteiger partial charge in [-0.05, 0) is 24.2 Å². The van der Waals surface area contributed by atoms with Crippen LogP contribution in [0.3, 0.4) is 0 Å². The lowest BCUT2D eigenvalue weighted by Crippen LogP contribution is -2.32. The van der Waals surface area contributed by atoms with E-state index in [0.29, 0.717) is 18.6 Å². The van der Waals surface area contributed by atoms with Crippen molar-refractivity contribution in [2.45, 2.75) is 24.9 Å². The smallest absolute Gasteiger partial charge is 0.320 e. The fourth-order valence-corrected chi connectivity index (χ4v) is 1.50. The van der Waals surface area contributed by atoms with Gasteiger partial charge in [0.05, 0.1) is 0 Å². The second-order valence-electron chi connectivity index (χ2n) is 4.09. The number of carboxylic acids is 2. The summed E-state index contributed by atoms with van der Waals surface area (Å²) in [6.07, 6.45) is 0.814. The van der Waals surface area contributed by atoms with Gasteiger partial charge >= 0.3 is 11.9 Å². The van der Waals surface area contributed by atoms with E-state index in [1.54, 1.807) is 0 Å². The molecule has 0 aromatic heterocycles. The molecule has 112 valence electrons. The standard InChI is InChI=1S/C9H11NO2.C4H9NO2S/c10-8(9(11)12)6-7-4-2-1-3-5-7;5-3(1-2-8)4(6)7/h1-5,8H,6,10H2,(H,11,12);3,8H,1-2,5H2,(H,6,7)/t8-;/m0./s1. The van der Waals surface area contributed by atoms with Gasteiger partial charge in [-0.15, -0.1) is 0 Å². The Balaban J connectivity index is 0.000000396. The zero-order valence-electron chi connectivity index (χ0n) is 11.0. The van der Waals surface area contributed by atoms with Crippen molar-refractivity contribution in [2.75, 3.05) is 5.75 Å². The van der Waals surface area contributed by atoms with Gasteiger partial charge in [0.1, 0.15) is 12.1 Å². The minimum atomic E-state index is -0.959. The number of carbonyl (C=O) groups is 2. The van der Waals surface area contributed by atoms with Crippen LogP contribution in [0.2, 0.25) is 0 Å². The second-order valence-corrected chi connectivity index (χ2v) is 4.54. The first-order valence-electron chi connectivity index (χ1n) is 6.00. The Morgan fingerprint density at radius 1 is 1.05 bits per heavy atom. The fraction of sp³-hybridized carbons (Fsp3) is 0.385. The maximum Gasteiger partial charge on any atom is 0.320 e. The van der Waals surface area contributed by atoms with E-state index in [-0.39, 0.29) is 0 Å². The predicted molar refractivity (Wildman–Crippen MR) is 79.8 cm³/mol. The predicted octanol–water partition coefficient (Wildman–Crippen LogP) is 0.359. The van der Waals surface area contributed by atoms with Gasteiger partial charge in [0.25, 0.3) is 0 Å². The molecule has 1 rings (SSSR count). The highest BCUT2D eigenvalue weighted by atomic mass is 32.1. The number of benzene rings is 1. The molecule has 1 unspecified atom stereocenters. The normalized spacial score (nSPS) is 12.8. The van der Waals surface area contributed by atoms with Crippen LogP contribution in [0.4, 0.5) is 0 Å². The molecule has 0 radical (unpaired) electrons. The summed E-state index contributed by atoms with van der Waals surface area (Å²) in [6, 6.07) is 7.80. The lowest BCUT2D eigenvalue weighted by atomic mass is 10.1. The van der Waals surface area contributed by atoms with Crippen molar-refractivity contribution in [3.8, 4) is 0 Å². The molecular weight excluding hydrogens is 280 g/mol. The Morgan fingerprint density at radius 3 is 1.90 bits per heavy atom. The monoisotopic (exact) mass is 300 g/mol. The molecule has 0 aliphatic carbocycles. The maximum absolute atomic E-state index is 10.4. The van der Waals surface area contributed by atoms with E-state index in [9.17, 15) is 9.59 Å². The second kappa shape index (κ2) is 10.2. The summed E-state index contributed by atoms with van der Waals surface area (Å²) >= 11 is 3.81. The van der Waals surface area contributed by atoms with Crippen LogP contribution >= 0.6 is 12.6 Å². The highest BCUT2D eigenvalue weighted by Crippen LogP contribution is 2.01. The molecule has 20 heavy (non-hydrogen) atoms. The highest BCUT2D eigenvalue weighted by molar-refractivity contribution is 7.80. The Hall–Kier alpha value is -1.57. The molecule has 6 nitrogen and oxygen atoms in total. The van der Waals surface area contributed by atoms with Crippen LogP contribution in [0.15, 0.2) is 30.3 Å². The van der Waals surface area contributed by atoms with Crippen molar-refractivity contribution in [3.05, 3.63) is 35.9 Å². The molecule has 0 amide bonds. The van der Waals surface area contributed by atoms with Crippen LogP contribution in [0.1, 0.15) is 12.0 Å². The van der Waals surface area contributed by atoms with E-state index in [4.69, 9.17) is 21.7 Å². The van der Waals surface area contributed by atoms with Crippen molar-refractivity contribution in [1.29, 1.82) is 0 Å². The zero-order valence-corrected chi connectivity index (χ0v) is 11.9. The molecule has 0 aliphatic heterocycles. The Kier molecular flexibility index (Phi) is 9.44. The molecule has 1 aromatic carbocycles. The van der Waals surface area contributed by atoms with Gasteiger partial charge in [0.15, 0.2) is 0 Å². The molecule has 2 atom stereocenters. The summed E-state index contributed by atoms with van der Waals surface area (Å²) in [7, 11) is 0. The summed E-state index contributed by atoms with van der Waals surface area (Å²) in [5, 5.41) is 16.7. The lowest BCUT2D eigenvalue weighted by Gasteiger charge is -2.04. The number of rotatable bonds is 6. The number of nitrogens with two attached hydrogens (primary N) is 2. The van der Waals surface area contributed by atoms with Gasteiger partial charge in [-0.1, -0.05) is 30.3 Å². The van der Waals surface area contributed by atoms with Crippen LogP contribution in [0.5, 0.6) is 0 Å². The third-order valence-electron chi connectivity index (χ3n) is 2.37. The summed E-state index contributed by atoms with van der Waals surface area (Å²) in [4.78, 5) is 20.3. The third-order valence-corrected chi connectivity index (χ3v) is 2.63. The van der Waals surface area contributed by atoms with Crippen LogP contribution in [-0.4, -0.2) is 40.0 Å². The topological polar surface area (TPSA) is 127 Å². The molecule has 1 aromatic rings. The maximum atomic E-state index is 10.4. The average Bonchev–Trinajstić information content (AvgIpc) is 2.40. The number of thiol groups is 1. The minimum Gasteiger partial charge on any atom is -0.480 e. The van der Waals surface area contributed by atoms with Crippen LogP contribution in [0.25, 0.3) is 0 Å². The van der Waals surface area contributed by atoms with Gasteiger partial charge in [-0.3, -0.25) is 9.59 Å². The summed E-state index contributed by atoms with van der Waals surface area (Å²) < 4.78 is 0. The fourth-order valence-electron chi connectivity index (χ4n) is 1.22. The Bertz CT molecular complexity index is 414. The largest absolute Gasteiger partial charge is 0.480 e. The molecular formula is C13H20N2O4S.